The third-order valence-electron chi connectivity index (χ3n) is 0.678. The van der Waals surface area contributed by atoms with Gasteiger partial charge in [0.2, 0.25) is 0 Å². The molecule has 0 spiro atoms. The minimum absolute atomic E-state index is 0. The molecule has 0 aliphatic rings. The summed E-state index contributed by atoms with van der Waals surface area (Å²) in [5, 5.41) is 0. The van der Waals surface area contributed by atoms with E-state index in [1.807, 2.05) is 0 Å². The van der Waals surface area contributed by atoms with E-state index in [0.29, 0.717) is 0 Å². The summed E-state index contributed by atoms with van der Waals surface area (Å²) >= 11 is 0. The second kappa shape index (κ2) is 6.34. The molecule has 0 unspecified atom stereocenters. The number of hydrogen-bond donors (Lipinski definition) is 0. The van der Waals surface area contributed by atoms with Crippen molar-refractivity contribution in [3.8, 4) is 0 Å². The van der Waals surface area contributed by atoms with Crippen molar-refractivity contribution in [3.63, 3.8) is 0 Å². The van der Waals surface area contributed by atoms with Gasteiger partial charge in [0.25, 0.3) is 0 Å². The van der Waals surface area contributed by atoms with E-state index in [9.17, 15) is 4.39 Å². The molecule has 1 aromatic rings. The van der Waals surface area contributed by atoms with Gasteiger partial charge < -0.3 is 0 Å². The van der Waals surface area contributed by atoms with Crippen molar-refractivity contribution >= 4 is 8.41 Å². The smallest absolute Gasteiger partial charge is 0.236 e. The molecule has 0 fully saturated rings. The molecule has 0 aliphatic heterocycles. The van der Waals surface area contributed by atoms with Gasteiger partial charge >= 0.3 is 29.6 Å². The number of hydrogen-bond acceptors (Lipinski definition) is 0. The third-order valence-corrected chi connectivity index (χ3v) is 0.678. The molecule has 0 bridgehead atoms. The Hall–Kier alpha value is 0.215. The Labute approximate surface area is 78.3 Å². The second-order valence-electron chi connectivity index (χ2n) is 1.22. The minimum atomic E-state index is -0.209. The molecular formula is C6H4BFNa. The van der Waals surface area contributed by atoms with Gasteiger partial charge in [0.05, 0.1) is 0 Å². The van der Waals surface area contributed by atoms with E-state index in [0.717, 1.165) is 0 Å². The van der Waals surface area contributed by atoms with Crippen LogP contribution < -0.4 is 29.6 Å². The monoisotopic (exact) mass is 129 g/mol. The Balaban J connectivity index is 0. The topological polar surface area (TPSA) is 0 Å². The van der Waals surface area contributed by atoms with Gasteiger partial charge in [-0.15, -0.1) is 12.1 Å². The molecule has 1 rings (SSSR count). The van der Waals surface area contributed by atoms with Crippen LogP contribution in [0, 0.1) is 11.9 Å². The van der Waals surface area contributed by atoms with Crippen molar-refractivity contribution < 1.29 is 33.9 Å². The van der Waals surface area contributed by atoms with Crippen LogP contribution in [0.15, 0.2) is 24.3 Å². The average molecular weight is 129 g/mol. The molecule has 0 amide bonds. The van der Waals surface area contributed by atoms with Crippen LogP contribution in [0.3, 0.4) is 0 Å². The molecule has 0 nitrogen and oxygen atoms in total. The van der Waals surface area contributed by atoms with Crippen LogP contribution in [-0.4, -0.2) is 8.41 Å². The summed E-state index contributed by atoms with van der Waals surface area (Å²) in [5.74, 6) is -0.209. The molecule has 3 radical (unpaired) electrons. The summed E-state index contributed by atoms with van der Waals surface area (Å²) in [4.78, 5) is 0. The van der Waals surface area contributed by atoms with Gasteiger partial charge in [0.1, 0.15) is 0 Å². The standard InChI is InChI=1S/C6H4F.B.Na/c7-6-4-2-1-3-5-6;;/h2-5H;;/q-1;;+1. The Morgan fingerprint density at radius 3 is 1.89 bits per heavy atom. The molecule has 39 valence electrons. The maximum absolute atomic E-state index is 11.9. The van der Waals surface area contributed by atoms with Crippen molar-refractivity contribution in [1.29, 1.82) is 0 Å². The van der Waals surface area contributed by atoms with Crippen molar-refractivity contribution in [3.05, 3.63) is 36.1 Å². The fraction of sp³-hybridized carbons (Fsp3) is 0. The van der Waals surface area contributed by atoms with Gasteiger partial charge in [-0.05, 0) is 0 Å². The summed E-state index contributed by atoms with van der Waals surface area (Å²) in [6.07, 6.45) is 0. The fourth-order valence-corrected chi connectivity index (χ4v) is 0.367. The number of benzene rings is 1. The van der Waals surface area contributed by atoms with Crippen LogP contribution in [0.2, 0.25) is 0 Å². The summed E-state index contributed by atoms with van der Waals surface area (Å²) < 4.78 is 11.9. The molecule has 3 heteroatoms. The van der Waals surface area contributed by atoms with Gasteiger partial charge in [-0.2, -0.15) is 18.2 Å². The SMILES string of the molecule is Fc1cc[c-]cc1.[B].[Na+]. The van der Waals surface area contributed by atoms with E-state index in [2.05, 4.69) is 6.07 Å². The Kier molecular flexibility index (Phi) is 8.41. The first-order valence-electron chi connectivity index (χ1n) is 2.01. The first-order chi connectivity index (χ1) is 3.39. The van der Waals surface area contributed by atoms with Gasteiger partial charge in [-0.1, -0.05) is 0 Å². The van der Waals surface area contributed by atoms with Crippen LogP contribution in [0.25, 0.3) is 0 Å². The first-order valence-corrected chi connectivity index (χ1v) is 2.01. The van der Waals surface area contributed by atoms with Crippen LogP contribution in [0.1, 0.15) is 0 Å². The quantitative estimate of drug-likeness (QED) is 0.288. The Morgan fingerprint density at radius 1 is 1.22 bits per heavy atom. The predicted molar refractivity (Wildman–Crippen MR) is 31.0 cm³/mol. The van der Waals surface area contributed by atoms with Gasteiger partial charge in [-0.3, -0.25) is 0 Å². The van der Waals surface area contributed by atoms with E-state index >= 15 is 0 Å². The molecule has 0 aliphatic carbocycles. The predicted octanol–water partition coefficient (Wildman–Crippen LogP) is -1.75. The average Bonchev–Trinajstić information content (AvgIpc) is 1.69. The molecule has 0 heterocycles. The van der Waals surface area contributed by atoms with Gasteiger partial charge in [-0.25, -0.2) is 4.39 Å². The van der Waals surface area contributed by atoms with Crippen LogP contribution in [-0.2, 0) is 0 Å². The number of halogens is 1. The Bertz CT molecular complexity index is 143. The summed E-state index contributed by atoms with van der Waals surface area (Å²) in [6.45, 7) is 0. The van der Waals surface area contributed by atoms with E-state index in [4.69, 9.17) is 0 Å². The van der Waals surface area contributed by atoms with Crippen molar-refractivity contribution in [2.45, 2.75) is 0 Å². The largest absolute Gasteiger partial charge is 1.00 e. The van der Waals surface area contributed by atoms with Crippen molar-refractivity contribution in [2.75, 3.05) is 0 Å². The molecule has 9 heavy (non-hydrogen) atoms. The Morgan fingerprint density at radius 2 is 1.67 bits per heavy atom. The maximum atomic E-state index is 11.9. The zero-order chi connectivity index (χ0) is 5.11. The summed E-state index contributed by atoms with van der Waals surface area (Å²) in [6, 6.07) is 8.49. The maximum Gasteiger partial charge on any atom is 1.00 e. The van der Waals surface area contributed by atoms with Crippen molar-refractivity contribution in [1.82, 2.24) is 0 Å². The summed E-state index contributed by atoms with van der Waals surface area (Å²) in [7, 11) is 0. The van der Waals surface area contributed by atoms with E-state index in [1.165, 1.54) is 24.3 Å². The number of rotatable bonds is 0. The molecule has 0 N–H and O–H groups in total. The normalized spacial score (nSPS) is 6.78. The van der Waals surface area contributed by atoms with Crippen LogP contribution in [0.5, 0.6) is 0 Å². The van der Waals surface area contributed by atoms with Gasteiger partial charge in [0.15, 0.2) is 0 Å². The zero-order valence-corrected chi connectivity index (χ0v) is 7.26. The summed E-state index contributed by atoms with van der Waals surface area (Å²) in [5.41, 5.74) is 0. The molecule has 0 saturated carbocycles. The van der Waals surface area contributed by atoms with Crippen molar-refractivity contribution in [2.24, 2.45) is 0 Å². The minimum Gasteiger partial charge on any atom is -0.236 e. The zero-order valence-electron chi connectivity index (χ0n) is 5.26. The molecule has 0 atom stereocenters. The third kappa shape index (κ3) is 4.70. The first kappa shape index (κ1) is 11.9. The molecule has 0 saturated heterocycles. The van der Waals surface area contributed by atoms with Gasteiger partial charge in [0, 0.05) is 14.2 Å². The van der Waals surface area contributed by atoms with E-state index in [1.54, 1.807) is 0 Å². The molecule has 0 aromatic heterocycles. The van der Waals surface area contributed by atoms with E-state index < -0.39 is 0 Å². The van der Waals surface area contributed by atoms with Crippen LogP contribution in [0.4, 0.5) is 4.39 Å². The van der Waals surface area contributed by atoms with E-state index in [-0.39, 0.29) is 43.8 Å². The molecule has 1 aromatic carbocycles. The second-order valence-corrected chi connectivity index (χ2v) is 1.22. The fourth-order valence-electron chi connectivity index (χ4n) is 0.367. The molecular weight excluding hydrogens is 125 g/mol. The van der Waals surface area contributed by atoms with Crippen LogP contribution >= 0.6 is 0 Å².